The highest BCUT2D eigenvalue weighted by atomic mass is 16.5. The molecule has 1 aromatic heterocycles. The maximum Gasteiger partial charge on any atom is 0.215 e. The van der Waals surface area contributed by atoms with Gasteiger partial charge in [-0.3, -0.25) is 0 Å². The molecule has 0 bridgehead atoms. The van der Waals surface area contributed by atoms with Crippen molar-refractivity contribution in [3.63, 3.8) is 0 Å². The molecule has 62 valence electrons. The Hall–Kier alpha value is -1.69. The second-order valence-corrected chi connectivity index (χ2v) is 2.16. The minimum Gasteiger partial charge on any atom is -0.478 e. The van der Waals surface area contributed by atoms with Crippen LogP contribution in [0.15, 0.2) is 12.1 Å². The average Bonchev–Trinajstić information content (AvgIpc) is 2.05. The van der Waals surface area contributed by atoms with Crippen molar-refractivity contribution in [2.24, 2.45) is 0 Å². The van der Waals surface area contributed by atoms with Crippen LogP contribution in [0.2, 0.25) is 0 Å². The van der Waals surface area contributed by atoms with E-state index in [1.54, 1.807) is 12.1 Å². The summed E-state index contributed by atoms with van der Waals surface area (Å²) in [6.07, 6.45) is 5.16. The topological polar surface area (TPSA) is 48.1 Å². The maximum absolute atomic E-state index is 5.53. The number of nitrogens with two attached hydrogens (primary N) is 1. The van der Waals surface area contributed by atoms with E-state index in [0.717, 1.165) is 0 Å². The van der Waals surface area contributed by atoms with E-state index in [1.807, 2.05) is 6.92 Å². The Labute approximate surface area is 71.6 Å². The second-order valence-electron chi connectivity index (χ2n) is 2.16. The smallest absolute Gasteiger partial charge is 0.215 e. The Morgan fingerprint density at radius 3 is 2.92 bits per heavy atom. The minimum atomic E-state index is 0.337. The van der Waals surface area contributed by atoms with Crippen LogP contribution in [0.3, 0.4) is 0 Å². The first-order chi connectivity index (χ1) is 5.77. The largest absolute Gasteiger partial charge is 0.478 e. The Morgan fingerprint density at radius 1 is 1.67 bits per heavy atom. The number of pyridine rings is 1. The molecule has 1 heterocycles. The lowest BCUT2D eigenvalue weighted by Gasteiger charge is -2.02. The number of hydrogen-bond acceptors (Lipinski definition) is 3. The molecule has 0 atom stereocenters. The summed E-state index contributed by atoms with van der Waals surface area (Å²) in [5.41, 5.74) is 6.12. The van der Waals surface area contributed by atoms with Crippen LogP contribution in [0.4, 0.5) is 5.82 Å². The molecular weight excluding hydrogens is 152 g/mol. The zero-order chi connectivity index (χ0) is 8.97. The Morgan fingerprint density at radius 2 is 2.42 bits per heavy atom. The molecule has 0 unspecified atom stereocenters. The van der Waals surface area contributed by atoms with Gasteiger partial charge in [-0.1, -0.05) is 5.92 Å². The molecule has 0 spiro atoms. The van der Waals surface area contributed by atoms with E-state index < -0.39 is 0 Å². The third-order valence-corrected chi connectivity index (χ3v) is 1.35. The molecule has 0 aliphatic heterocycles. The molecule has 0 aliphatic carbocycles. The molecule has 0 aromatic carbocycles. The summed E-state index contributed by atoms with van der Waals surface area (Å²) in [7, 11) is 0. The average molecular weight is 162 g/mol. The van der Waals surface area contributed by atoms with Crippen LogP contribution in [0.1, 0.15) is 12.5 Å². The number of hydrogen-bond donors (Lipinski definition) is 1. The Bertz CT molecular complexity index is 315. The number of terminal acetylenes is 1. The lowest BCUT2D eigenvalue weighted by Crippen LogP contribution is -1.99. The fourth-order valence-electron chi connectivity index (χ4n) is 0.807. The molecule has 0 fully saturated rings. The van der Waals surface area contributed by atoms with Crippen LogP contribution < -0.4 is 10.5 Å². The van der Waals surface area contributed by atoms with Crippen LogP contribution in [-0.2, 0) is 0 Å². The molecule has 12 heavy (non-hydrogen) atoms. The van der Waals surface area contributed by atoms with E-state index in [1.165, 1.54) is 0 Å². The molecule has 2 N–H and O–H groups in total. The van der Waals surface area contributed by atoms with Gasteiger partial charge < -0.3 is 10.5 Å². The highest BCUT2D eigenvalue weighted by Gasteiger charge is 1.99. The van der Waals surface area contributed by atoms with Gasteiger partial charge in [0, 0.05) is 6.07 Å². The number of nitrogen functional groups attached to an aromatic ring is 1. The lowest BCUT2D eigenvalue weighted by atomic mass is 10.3. The van der Waals surface area contributed by atoms with E-state index in [4.69, 9.17) is 16.9 Å². The summed E-state index contributed by atoms with van der Waals surface area (Å²) in [6, 6.07) is 3.42. The van der Waals surface area contributed by atoms with Gasteiger partial charge in [-0.2, -0.15) is 4.98 Å². The van der Waals surface area contributed by atoms with Gasteiger partial charge in [0.1, 0.15) is 5.82 Å². The van der Waals surface area contributed by atoms with Gasteiger partial charge in [-0.05, 0) is 13.0 Å². The number of rotatable bonds is 2. The molecule has 3 nitrogen and oxygen atoms in total. The molecule has 0 radical (unpaired) electrons. The maximum atomic E-state index is 5.53. The van der Waals surface area contributed by atoms with Crippen molar-refractivity contribution in [1.82, 2.24) is 4.98 Å². The highest BCUT2D eigenvalue weighted by molar-refractivity contribution is 5.50. The van der Waals surface area contributed by atoms with Gasteiger partial charge in [0.15, 0.2) is 0 Å². The number of anilines is 1. The third-order valence-electron chi connectivity index (χ3n) is 1.35. The van der Waals surface area contributed by atoms with Crippen molar-refractivity contribution < 1.29 is 4.74 Å². The van der Waals surface area contributed by atoms with E-state index in [0.29, 0.717) is 23.9 Å². The van der Waals surface area contributed by atoms with Crippen LogP contribution in [0.5, 0.6) is 5.88 Å². The number of nitrogens with zero attached hydrogens (tertiary/aromatic N) is 1. The van der Waals surface area contributed by atoms with E-state index >= 15 is 0 Å². The minimum absolute atomic E-state index is 0.337. The van der Waals surface area contributed by atoms with Gasteiger partial charge in [-0.15, -0.1) is 6.42 Å². The van der Waals surface area contributed by atoms with Crippen molar-refractivity contribution in [2.75, 3.05) is 12.3 Å². The van der Waals surface area contributed by atoms with E-state index in [9.17, 15) is 0 Å². The lowest BCUT2D eigenvalue weighted by molar-refractivity contribution is 0.327. The highest BCUT2D eigenvalue weighted by Crippen LogP contribution is 2.13. The summed E-state index contributed by atoms with van der Waals surface area (Å²) in [4.78, 5) is 3.95. The van der Waals surface area contributed by atoms with Crippen LogP contribution in [-0.4, -0.2) is 11.6 Å². The Balaban J connectivity index is 2.96. The van der Waals surface area contributed by atoms with Gasteiger partial charge in [0.2, 0.25) is 5.88 Å². The van der Waals surface area contributed by atoms with Crippen molar-refractivity contribution in [3.05, 3.63) is 17.7 Å². The number of ether oxygens (including phenoxy) is 1. The predicted molar refractivity (Wildman–Crippen MR) is 47.8 cm³/mol. The zero-order valence-electron chi connectivity index (χ0n) is 6.87. The van der Waals surface area contributed by atoms with E-state index in [-0.39, 0.29) is 0 Å². The Kier molecular flexibility index (Phi) is 2.54. The summed E-state index contributed by atoms with van der Waals surface area (Å²) < 4.78 is 5.13. The molecule has 1 rings (SSSR count). The van der Waals surface area contributed by atoms with Crippen molar-refractivity contribution in [2.45, 2.75) is 6.92 Å². The fraction of sp³-hybridized carbons (Fsp3) is 0.222. The summed E-state index contributed by atoms with van der Waals surface area (Å²) >= 11 is 0. The van der Waals surface area contributed by atoms with Crippen molar-refractivity contribution in [1.29, 1.82) is 0 Å². The molecule has 3 heteroatoms. The standard InChI is InChI=1S/C9H10N2O/c1-3-7-5-6-8(12-4-2)11-9(7)10/h1,5-6H,4H2,2H3,(H2,10,11). The van der Waals surface area contributed by atoms with Crippen LogP contribution >= 0.6 is 0 Å². The molecule has 0 aliphatic rings. The summed E-state index contributed by atoms with van der Waals surface area (Å²) in [6.45, 7) is 2.45. The molecule has 0 amide bonds. The quantitative estimate of drug-likeness (QED) is 0.661. The van der Waals surface area contributed by atoms with Gasteiger partial charge >= 0.3 is 0 Å². The van der Waals surface area contributed by atoms with E-state index in [2.05, 4.69) is 10.9 Å². The van der Waals surface area contributed by atoms with Gasteiger partial charge in [0.25, 0.3) is 0 Å². The first-order valence-corrected chi connectivity index (χ1v) is 3.64. The molecule has 0 saturated carbocycles. The summed E-state index contributed by atoms with van der Waals surface area (Å²) in [5.74, 6) is 3.27. The predicted octanol–water partition coefficient (Wildman–Crippen LogP) is 1.04. The van der Waals surface area contributed by atoms with Crippen LogP contribution in [0.25, 0.3) is 0 Å². The fourth-order valence-corrected chi connectivity index (χ4v) is 0.807. The van der Waals surface area contributed by atoms with Crippen molar-refractivity contribution in [3.8, 4) is 18.2 Å². The summed E-state index contributed by atoms with van der Waals surface area (Å²) in [5, 5.41) is 0. The molecular formula is C9H10N2O. The first kappa shape index (κ1) is 8.41. The third kappa shape index (κ3) is 1.67. The van der Waals surface area contributed by atoms with Gasteiger partial charge in [-0.25, -0.2) is 0 Å². The van der Waals surface area contributed by atoms with Gasteiger partial charge in [0.05, 0.1) is 12.2 Å². The second kappa shape index (κ2) is 3.63. The SMILES string of the molecule is C#Cc1ccc(OCC)nc1N. The number of aromatic nitrogens is 1. The van der Waals surface area contributed by atoms with Crippen molar-refractivity contribution >= 4 is 5.82 Å². The van der Waals surface area contributed by atoms with Crippen LogP contribution in [0, 0.1) is 12.3 Å². The first-order valence-electron chi connectivity index (χ1n) is 3.64. The molecule has 1 aromatic rings. The normalized spacial score (nSPS) is 9.00. The zero-order valence-corrected chi connectivity index (χ0v) is 6.87. The molecule has 0 saturated heterocycles. The monoisotopic (exact) mass is 162 g/mol.